The van der Waals surface area contributed by atoms with Gasteiger partial charge in [-0.15, -0.1) is 0 Å². The Balaban J connectivity index is 2.25. The van der Waals surface area contributed by atoms with Crippen molar-refractivity contribution in [3.8, 4) is 0 Å². The second-order valence-corrected chi connectivity index (χ2v) is 6.30. The summed E-state index contributed by atoms with van der Waals surface area (Å²) in [5.74, 6) is 0.464. The van der Waals surface area contributed by atoms with Crippen LogP contribution in [-0.2, 0) is 10.0 Å². The second kappa shape index (κ2) is 4.27. The Morgan fingerprint density at radius 3 is 2.59 bits per heavy atom. The van der Waals surface area contributed by atoms with Crippen LogP contribution >= 0.6 is 0 Å². The second-order valence-electron chi connectivity index (χ2n) is 4.37. The number of carbonyl (C=O) groups excluding carboxylic acids is 1. The molecule has 1 aliphatic carbocycles. The van der Waals surface area contributed by atoms with Crippen molar-refractivity contribution in [2.75, 3.05) is 7.05 Å². The molecule has 1 aromatic heterocycles. The number of aldehydes is 1. The van der Waals surface area contributed by atoms with Crippen LogP contribution in [0.3, 0.4) is 0 Å². The van der Waals surface area contributed by atoms with E-state index in [9.17, 15) is 13.2 Å². The van der Waals surface area contributed by atoms with Crippen LogP contribution in [0.2, 0.25) is 0 Å². The van der Waals surface area contributed by atoms with Gasteiger partial charge in [-0.2, -0.15) is 4.31 Å². The Morgan fingerprint density at radius 2 is 2.12 bits per heavy atom. The number of hydrogen-bond donors (Lipinski definition) is 0. The molecule has 1 fully saturated rings. The summed E-state index contributed by atoms with van der Waals surface area (Å²) in [7, 11) is -2.08. The molecule has 0 spiro atoms. The molecule has 0 radical (unpaired) electrons. The summed E-state index contributed by atoms with van der Waals surface area (Å²) in [5, 5.41) is -0.172. The van der Waals surface area contributed by atoms with Crippen LogP contribution < -0.4 is 0 Å². The Hall–Kier alpha value is -1.14. The van der Waals surface area contributed by atoms with Gasteiger partial charge in [0.1, 0.15) is 0 Å². The first kappa shape index (κ1) is 12.3. The van der Waals surface area contributed by atoms with Crippen molar-refractivity contribution in [1.82, 2.24) is 4.31 Å². The molecule has 0 bridgehead atoms. The van der Waals surface area contributed by atoms with Gasteiger partial charge in [0.2, 0.25) is 5.09 Å². The van der Waals surface area contributed by atoms with Crippen molar-refractivity contribution in [2.45, 2.75) is 30.9 Å². The fourth-order valence-electron chi connectivity index (χ4n) is 1.77. The van der Waals surface area contributed by atoms with Crippen LogP contribution in [0.4, 0.5) is 0 Å². The van der Waals surface area contributed by atoms with E-state index in [-0.39, 0.29) is 16.9 Å². The molecular formula is C11H15NO4S. The minimum absolute atomic E-state index is 0.0241. The van der Waals surface area contributed by atoms with Crippen LogP contribution in [0.15, 0.2) is 21.6 Å². The first-order chi connectivity index (χ1) is 7.96. The molecule has 2 rings (SSSR count). The summed E-state index contributed by atoms with van der Waals surface area (Å²) >= 11 is 0. The van der Waals surface area contributed by atoms with Gasteiger partial charge in [-0.25, -0.2) is 8.42 Å². The van der Waals surface area contributed by atoms with E-state index >= 15 is 0 Å². The van der Waals surface area contributed by atoms with E-state index in [4.69, 9.17) is 4.42 Å². The molecule has 17 heavy (non-hydrogen) atoms. The number of carbonyl (C=O) groups is 1. The van der Waals surface area contributed by atoms with Crippen molar-refractivity contribution in [2.24, 2.45) is 5.92 Å². The van der Waals surface area contributed by atoms with Crippen LogP contribution in [0, 0.1) is 5.92 Å². The zero-order chi connectivity index (χ0) is 12.6. The molecule has 94 valence electrons. The molecule has 0 saturated heterocycles. The number of nitrogens with zero attached hydrogens (tertiary/aromatic N) is 1. The average molecular weight is 257 g/mol. The molecule has 5 nitrogen and oxygen atoms in total. The molecule has 0 aromatic carbocycles. The SMILES string of the molecule is CC(C1CC1)N(C)S(=O)(=O)c1ccc(C=O)o1. The molecular weight excluding hydrogens is 242 g/mol. The number of hydrogen-bond acceptors (Lipinski definition) is 4. The Bertz CT molecular complexity index is 515. The van der Waals surface area contributed by atoms with Crippen LogP contribution in [-0.4, -0.2) is 32.1 Å². The summed E-state index contributed by atoms with van der Waals surface area (Å²) in [6, 6.07) is 2.63. The van der Waals surface area contributed by atoms with E-state index < -0.39 is 10.0 Å². The maximum Gasteiger partial charge on any atom is 0.276 e. The molecule has 1 aliphatic rings. The first-order valence-corrected chi connectivity index (χ1v) is 6.94. The summed E-state index contributed by atoms with van der Waals surface area (Å²) in [5.41, 5.74) is 0. The van der Waals surface area contributed by atoms with Crippen molar-refractivity contribution in [1.29, 1.82) is 0 Å². The molecule has 1 aromatic rings. The number of sulfonamides is 1. The van der Waals surface area contributed by atoms with E-state index in [1.165, 1.54) is 16.4 Å². The van der Waals surface area contributed by atoms with Gasteiger partial charge in [-0.3, -0.25) is 4.79 Å². The summed E-state index contributed by atoms with van der Waals surface area (Å²) < 4.78 is 30.6. The standard InChI is InChI=1S/C11H15NO4S/c1-8(9-3-4-9)12(2)17(14,15)11-6-5-10(7-13)16-11/h5-9H,3-4H2,1-2H3. The van der Waals surface area contributed by atoms with Gasteiger partial charge in [0, 0.05) is 13.1 Å². The zero-order valence-electron chi connectivity index (χ0n) is 9.79. The smallest absolute Gasteiger partial charge is 0.276 e. The lowest BCUT2D eigenvalue weighted by Gasteiger charge is -2.22. The Labute approximate surface area is 100 Å². The third-order valence-corrected chi connectivity index (χ3v) is 5.05. The first-order valence-electron chi connectivity index (χ1n) is 5.50. The molecule has 0 aliphatic heterocycles. The Morgan fingerprint density at radius 1 is 1.47 bits per heavy atom. The van der Waals surface area contributed by atoms with Crippen LogP contribution in [0.1, 0.15) is 30.3 Å². The third kappa shape index (κ3) is 2.28. The normalized spacial score (nSPS) is 18.3. The molecule has 6 heteroatoms. The largest absolute Gasteiger partial charge is 0.440 e. The highest BCUT2D eigenvalue weighted by molar-refractivity contribution is 7.89. The quantitative estimate of drug-likeness (QED) is 0.750. The monoisotopic (exact) mass is 257 g/mol. The highest BCUT2D eigenvalue weighted by Gasteiger charge is 2.37. The minimum atomic E-state index is -3.62. The van der Waals surface area contributed by atoms with E-state index in [0.29, 0.717) is 12.2 Å². The van der Waals surface area contributed by atoms with Gasteiger partial charge in [0.25, 0.3) is 10.0 Å². The zero-order valence-corrected chi connectivity index (χ0v) is 10.6. The molecule has 1 atom stereocenters. The van der Waals surface area contributed by atoms with E-state index in [0.717, 1.165) is 12.8 Å². The maximum atomic E-state index is 12.2. The molecule has 0 amide bonds. The lowest BCUT2D eigenvalue weighted by molar-refractivity contribution is 0.109. The van der Waals surface area contributed by atoms with Crippen molar-refractivity contribution < 1.29 is 17.6 Å². The van der Waals surface area contributed by atoms with Gasteiger partial charge < -0.3 is 4.42 Å². The molecule has 1 saturated carbocycles. The summed E-state index contributed by atoms with van der Waals surface area (Å²) in [6.45, 7) is 1.89. The van der Waals surface area contributed by atoms with Gasteiger partial charge in [0.05, 0.1) is 0 Å². The van der Waals surface area contributed by atoms with Crippen LogP contribution in [0.25, 0.3) is 0 Å². The highest BCUT2D eigenvalue weighted by atomic mass is 32.2. The average Bonchev–Trinajstić information content (AvgIpc) is 3.04. The van der Waals surface area contributed by atoms with Crippen molar-refractivity contribution in [3.63, 3.8) is 0 Å². The Kier molecular flexibility index (Phi) is 3.09. The van der Waals surface area contributed by atoms with E-state index in [1.54, 1.807) is 7.05 Å². The van der Waals surface area contributed by atoms with Gasteiger partial charge >= 0.3 is 0 Å². The molecule has 1 unspecified atom stereocenters. The van der Waals surface area contributed by atoms with E-state index in [1.807, 2.05) is 6.92 Å². The molecule has 1 heterocycles. The fourth-order valence-corrected chi connectivity index (χ4v) is 3.11. The fraction of sp³-hybridized carbons (Fsp3) is 0.545. The van der Waals surface area contributed by atoms with Gasteiger partial charge in [0.15, 0.2) is 12.0 Å². The molecule has 0 N–H and O–H groups in total. The van der Waals surface area contributed by atoms with E-state index in [2.05, 4.69) is 0 Å². The third-order valence-electron chi connectivity index (χ3n) is 3.23. The lowest BCUT2D eigenvalue weighted by Crippen LogP contribution is -2.36. The number of rotatable bonds is 5. The highest BCUT2D eigenvalue weighted by Crippen LogP contribution is 2.36. The summed E-state index contributed by atoms with van der Waals surface area (Å²) in [4.78, 5) is 10.5. The van der Waals surface area contributed by atoms with Gasteiger partial charge in [-0.1, -0.05) is 0 Å². The van der Waals surface area contributed by atoms with Crippen molar-refractivity contribution in [3.05, 3.63) is 17.9 Å². The summed E-state index contributed by atoms with van der Waals surface area (Å²) in [6.07, 6.45) is 2.63. The predicted molar refractivity (Wildman–Crippen MR) is 61.2 cm³/mol. The predicted octanol–water partition coefficient (Wildman–Crippen LogP) is 1.51. The number of furan rings is 1. The van der Waals surface area contributed by atoms with Crippen LogP contribution in [0.5, 0.6) is 0 Å². The topological polar surface area (TPSA) is 67.6 Å². The van der Waals surface area contributed by atoms with Gasteiger partial charge in [-0.05, 0) is 37.8 Å². The lowest BCUT2D eigenvalue weighted by atomic mass is 10.2. The minimum Gasteiger partial charge on any atom is -0.440 e. The maximum absolute atomic E-state index is 12.2. The van der Waals surface area contributed by atoms with Crippen molar-refractivity contribution >= 4 is 16.3 Å².